The van der Waals surface area contributed by atoms with E-state index in [2.05, 4.69) is 11.4 Å². The van der Waals surface area contributed by atoms with Gasteiger partial charge in [0, 0.05) is 5.57 Å². The first kappa shape index (κ1) is 9.62. The third kappa shape index (κ3) is 1.65. The molecule has 0 saturated heterocycles. The van der Waals surface area contributed by atoms with Gasteiger partial charge in [-0.3, -0.25) is 4.79 Å². The molecule has 1 atom stereocenters. The smallest absolute Gasteiger partial charge is 0.346 e. The van der Waals surface area contributed by atoms with Gasteiger partial charge in [-0.25, -0.2) is 0 Å². The summed E-state index contributed by atoms with van der Waals surface area (Å²) in [6.07, 6.45) is 2.56. The molecule has 0 aromatic rings. The van der Waals surface area contributed by atoms with Crippen LogP contribution in [0.3, 0.4) is 0 Å². The van der Waals surface area contributed by atoms with Crippen molar-refractivity contribution >= 4 is 11.5 Å². The molecule has 0 heterocycles. The summed E-state index contributed by atoms with van der Waals surface area (Å²) in [4.78, 5) is 14.5. The van der Waals surface area contributed by atoms with Crippen LogP contribution in [0.15, 0.2) is 23.8 Å². The van der Waals surface area contributed by atoms with Crippen LogP contribution in [0, 0.1) is 5.92 Å². The molecule has 0 aromatic carbocycles. The van der Waals surface area contributed by atoms with Crippen LogP contribution in [-0.4, -0.2) is 16.3 Å². The first-order valence-corrected chi connectivity index (χ1v) is 4.16. The first-order valence-electron chi connectivity index (χ1n) is 4.16. The summed E-state index contributed by atoms with van der Waals surface area (Å²) >= 11 is 0. The average Bonchev–Trinajstić information content (AvgIpc) is 2.09. The molecule has 0 radical (unpaired) electrons. The lowest BCUT2D eigenvalue weighted by molar-refractivity contribution is -0.115. The molecule has 68 valence electrons. The minimum Gasteiger partial charge on any atom is -0.361 e. The summed E-state index contributed by atoms with van der Waals surface area (Å²) in [7, 11) is 0. The molecule has 13 heavy (non-hydrogen) atoms. The maximum Gasteiger partial charge on any atom is 0.346 e. The fraction of sp³-hybridized carbons (Fsp3) is 0.400. The van der Waals surface area contributed by atoms with E-state index >= 15 is 0 Å². The van der Waals surface area contributed by atoms with E-state index in [4.69, 9.17) is 5.53 Å². The number of carbonyl (C=O) groups excluding carboxylic acids is 1. The number of nitrogens with zero attached hydrogens (tertiary/aromatic N) is 2. The van der Waals surface area contributed by atoms with Crippen LogP contribution in [0.4, 0.5) is 0 Å². The summed E-state index contributed by atoms with van der Waals surface area (Å²) < 4.78 is 0. The molecule has 1 aliphatic rings. The standard InChI is InChI=1S/C10H12N2O/c1-6(2)8-5-4-7(3)10(13)9(8)12-11/h4,8H,1,5H2,2-3H3/t8-/m0/s1. The van der Waals surface area contributed by atoms with Crippen molar-refractivity contribution in [3.8, 4) is 0 Å². The zero-order valence-electron chi connectivity index (χ0n) is 7.87. The Bertz CT molecular complexity index is 346. The van der Waals surface area contributed by atoms with E-state index in [1.54, 1.807) is 6.92 Å². The van der Waals surface area contributed by atoms with Gasteiger partial charge in [-0.2, -0.15) is 4.79 Å². The fourth-order valence-corrected chi connectivity index (χ4v) is 1.41. The maximum absolute atomic E-state index is 11.5. The number of ketones is 1. The fourth-order valence-electron chi connectivity index (χ4n) is 1.41. The van der Waals surface area contributed by atoms with Gasteiger partial charge in [0.25, 0.3) is 5.78 Å². The highest BCUT2D eigenvalue weighted by atomic mass is 16.1. The number of Topliss-reactive ketones (excluding diaryl/α,β-unsaturated/α-hetero) is 1. The van der Waals surface area contributed by atoms with Crippen molar-refractivity contribution in [3.05, 3.63) is 29.3 Å². The van der Waals surface area contributed by atoms with Gasteiger partial charge in [0.1, 0.15) is 0 Å². The lowest BCUT2D eigenvalue weighted by atomic mass is 9.83. The second kappa shape index (κ2) is 3.50. The molecule has 1 aliphatic carbocycles. The molecular weight excluding hydrogens is 164 g/mol. The zero-order chi connectivity index (χ0) is 10.0. The van der Waals surface area contributed by atoms with E-state index in [9.17, 15) is 4.79 Å². The summed E-state index contributed by atoms with van der Waals surface area (Å²) in [6.45, 7) is 7.32. The predicted molar refractivity (Wildman–Crippen MR) is 50.3 cm³/mol. The Hall–Kier alpha value is -1.47. The van der Waals surface area contributed by atoms with Crippen molar-refractivity contribution in [1.82, 2.24) is 0 Å². The number of rotatable bonds is 1. The Labute approximate surface area is 77.4 Å². The summed E-state index contributed by atoms with van der Waals surface area (Å²) in [6, 6.07) is 0. The van der Waals surface area contributed by atoms with Crippen LogP contribution >= 0.6 is 0 Å². The van der Waals surface area contributed by atoms with Crippen molar-refractivity contribution in [2.45, 2.75) is 20.3 Å². The van der Waals surface area contributed by atoms with Crippen molar-refractivity contribution in [2.24, 2.45) is 5.92 Å². The Kier molecular flexibility index (Phi) is 2.59. The highest BCUT2D eigenvalue weighted by molar-refractivity contribution is 6.45. The second-order valence-corrected chi connectivity index (χ2v) is 3.34. The van der Waals surface area contributed by atoms with Gasteiger partial charge < -0.3 is 5.53 Å². The zero-order valence-corrected chi connectivity index (χ0v) is 7.87. The molecule has 0 aromatic heterocycles. The Morgan fingerprint density at radius 3 is 2.85 bits per heavy atom. The summed E-state index contributed by atoms with van der Waals surface area (Å²) in [5.41, 5.74) is 10.4. The van der Waals surface area contributed by atoms with E-state index in [-0.39, 0.29) is 17.4 Å². The molecule has 1 rings (SSSR count). The van der Waals surface area contributed by atoms with Crippen LogP contribution in [0.5, 0.6) is 0 Å². The molecule has 0 spiro atoms. The van der Waals surface area contributed by atoms with Gasteiger partial charge in [0.15, 0.2) is 0 Å². The third-order valence-electron chi connectivity index (χ3n) is 2.28. The van der Waals surface area contributed by atoms with Gasteiger partial charge in [0.05, 0.1) is 5.92 Å². The molecule has 0 bridgehead atoms. The highest BCUT2D eigenvalue weighted by Crippen LogP contribution is 2.22. The van der Waals surface area contributed by atoms with Crippen molar-refractivity contribution in [2.75, 3.05) is 0 Å². The lowest BCUT2D eigenvalue weighted by Crippen LogP contribution is -2.29. The number of carbonyl (C=O) groups is 1. The summed E-state index contributed by atoms with van der Waals surface area (Å²) in [5, 5.41) is 0. The quantitative estimate of drug-likeness (QED) is 0.341. The van der Waals surface area contributed by atoms with E-state index in [1.165, 1.54) is 0 Å². The molecule has 0 unspecified atom stereocenters. The number of allylic oxidation sites excluding steroid dienone is 3. The number of hydrogen-bond acceptors (Lipinski definition) is 1. The van der Waals surface area contributed by atoms with Gasteiger partial charge in [-0.05, 0) is 20.3 Å². The van der Waals surface area contributed by atoms with E-state index in [0.717, 1.165) is 5.57 Å². The van der Waals surface area contributed by atoms with E-state index in [0.29, 0.717) is 12.0 Å². The summed E-state index contributed by atoms with van der Waals surface area (Å²) in [5.74, 6) is -0.303. The van der Waals surface area contributed by atoms with Gasteiger partial charge >= 0.3 is 5.71 Å². The molecule has 0 N–H and O–H groups in total. The van der Waals surface area contributed by atoms with Crippen LogP contribution in [0.25, 0.3) is 5.53 Å². The Morgan fingerprint density at radius 2 is 2.38 bits per heavy atom. The predicted octanol–water partition coefficient (Wildman–Crippen LogP) is 1.77. The van der Waals surface area contributed by atoms with Crippen LogP contribution in [0.1, 0.15) is 20.3 Å². The van der Waals surface area contributed by atoms with Crippen LogP contribution < -0.4 is 0 Å². The van der Waals surface area contributed by atoms with Crippen LogP contribution in [0.2, 0.25) is 0 Å². The largest absolute Gasteiger partial charge is 0.361 e. The van der Waals surface area contributed by atoms with Gasteiger partial charge in [-0.1, -0.05) is 18.2 Å². The van der Waals surface area contributed by atoms with Crippen LogP contribution in [-0.2, 0) is 4.79 Å². The maximum atomic E-state index is 11.5. The molecular formula is C10H12N2O. The molecule has 0 saturated carbocycles. The van der Waals surface area contributed by atoms with Gasteiger partial charge in [0.2, 0.25) is 0 Å². The van der Waals surface area contributed by atoms with Crippen molar-refractivity contribution < 1.29 is 9.58 Å². The Balaban J connectivity index is 3.14. The Morgan fingerprint density at radius 1 is 1.77 bits per heavy atom. The lowest BCUT2D eigenvalue weighted by Gasteiger charge is -2.14. The normalized spacial score (nSPS) is 22.3. The number of hydrogen-bond donors (Lipinski definition) is 0. The minimum absolute atomic E-state index is 0.124. The minimum atomic E-state index is -0.179. The van der Waals surface area contributed by atoms with E-state index < -0.39 is 0 Å². The highest BCUT2D eigenvalue weighted by Gasteiger charge is 2.34. The second-order valence-electron chi connectivity index (χ2n) is 3.34. The van der Waals surface area contributed by atoms with Crippen molar-refractivity contribution in [3.63, 3.8) is 0 Å². The SMILES string of the molecule is C=C(C)[C@@H]1CC=C(C)C(=O)C1=[N+]=[N-]. The molecule has 0 aliphatic heterocycles. The first-order chi connectivity index (χ1) is 6.07. The molecule has 3 nitrogen and oxygen atoms in total. The third-order valence-corrected chi connectivity index (χ3v) is 2.28. The van der Waals surface area contributed by atoms with Crippen molar-refractivity contribution in [1.29, 1.82) is 0 Å². The van der Waals surface area contributed by atoms with Gasteiger partial charge in [-0.15, -0.1) is 0 Å². The average molecular weight is 176 g/mol. The van der Waals surface area contributed by atoms with E-state index in [1.807, 2.05) is 13.0 Å². The molecule has 3 heteroatoms. The molecule has 0 fully saturated rings. The topological polar surface area (TPSA) is 53.5 Å². The monoisotopic (exact) mass is 176 g/mol. The molecule has 0 amide bonds.